The lowest BCUT2D eigenvalue weighted by atomic mass is 9.83. The molecule has 0 bridgehead atoms. The topological polar surface area (TPSA) is 54.5 Å². The lowest BCUT2D eigenvalue weighted by Crippen LogP contribution is -2.44. The molecule has 1 spiro atoms. The molecule has 27 heavy (non-hydrogen) atoms. The molecule has 1 N–H and O–H groups in total. The second-order valence-electron chi connectivity index (χ2n) is 7.67. The van der Waals surface area contributed by atoms with E-state index in [1.54, 1.807) is 22.7 Å². The summed E-state index contributed by atoms with van der Waals surface area (Å²) in [6.45, 7) is 3.57. The van der Waals surface area contributed by atoms with E-state index in [1.165, 1.54) is 16.9 Å². The van der Waals surface area contributed by atoms with Gasteiger partial charge in [-0.2, -0.15) is 0 Å². The minimum atomic E-state index is -0.176. The highest BCUT2D eigenvalue weighted by Gasteiger charge is 2.41. The zero-order valence-corrected chi connectivity index (χ0v) is 17.0. The summed E-state index contributed by atoms with van der Waals surface area (Å²) in [6, 6.07) is 2.29. The number of piperidine rings is 2. The fourth-order valence-corrected chi connectivity index (χ4v) is 6.71. The molecule has 2 fully saturated rings. The largest absolute Gasteiger partial charge is 0.370 e. The number of ether oxygens (including phenoxy) is 1. The molecule has 1 unspecified atom stereocenters. The first kappa shape index (κ1) is 17.8. The third kappa shape index (κ3) is 3.14. The van der Waals surface area contributed by atoms with Crippen LogP contribution >= 0.6 is 22.7 Å². The van der Waals surface area contributed by atoms with Gasteiger partial charge in [0, 0.05) is 29.4 Å². The van der Waals surface area contributed by atoms with E-state index < -0.39 is 0 Å². The van der Waals surface area contributed by atoms with Crippen molar-refractivity contribution in [3.8, 4) is 0 Å². The Kier molecular flexibility index (Phi) is 4.80. The van der Waals surface area contributed by atoms with Crippen molar-refractivity contribution in [1.82, 2.24) is 15.2 Å². The van der Waals surface area contributed by atoms with Gasteiger partial charge in [0.25, 0.3) is 5.91 Å². The Hall–Kier alpha value is -1.28. The van der Waals surface area contributed by atoms with Crippen LogP contribution in [0.15, 0.2) is 17.6 Å². The van der Waals surface area contributed by atoms with Crippen LogP contribution in [-0.4, -0.2) is 42.0 Å². The van der Waals surface area contributed by atoms with Crippen molar-refractivity contribution >= 4 is 28.6 Å². The summed E-state index contributed by atoms with van der Waals surface area (Å²) in [5.41, 5.74) is 1.11. The van der Waals surface area contributed by atoms with Crippen LogP contribution in [0.1, 0.15) is 63.3 Å². The van der Waals surface area contributed by atoms with Gasteiger partial charge in [-0.1, -0.05) is 0 Å². The SMILES string of the molecule is O=C(c1cc2c(s1)CCOC21CCNCC1)N1CCCCC1c1nccs1. The van der Waals surface area contributed by atoms with Crippen LogP contribution < -0.4 is 5.32 Å². The Morgan fingerprint density at radius 2 is 2.22 bits per heavy atom. The molecule has 3 aliphatic heterocycles. The number of nitrogens with one attached hydrogen (secondary N) is 1. The maximum absolute atomic E-state index is 13.5. The van der Waals surface area contributed by atoms with Crippen LogP contribution in [0.5, 0.6) is 0 Å². The quantitative estimate of drug-likeness (QED) is 0.830. The van der Waals surface area contributed by atoms with Crippen LogP contribution in [0.2, 0.25) is 0 Å². The van der Waals surface area contributed by atoms with Crippen molar-refractivity contribution in [2.45, 2.75) is 50.2 Å². The second-order valence-corrected chi connectivity index (χ2v) is 9.73. The van der Waals surface area contributed by atoms with Gasteiger partial charge in [0.05, 0.1) is 23.1 Å². The molecule has 0 aromatic carbocycles. The van der Waals surface area contributed by atoms with Gasteiger partial charge in [0.15, 0.2) is 0 Å². The molecule has 2 aromatic rings. The number of aromatic nitrogens is 1. The van der Waals surface area contributed by atoms with Gasteiger partial charge in [-0.3, -0.25) is 4.79 Å². The second kappa shape index (κ2) is 7.28. The first-order chi connectivity index (χ1) is 13.3. The summed E-state index contributed by atoms with van der Waals surface area (Å²) in [5.74, 6) is 0.179. The lowest BCUT2D eigenvalue weighted by molar-refractivity contribution is -0.0792. The summed E-state index contributed by atoms with van der Waals surface area (Å²) < 4.78 is 6.28. The molecule has 0 radical (unpaired) electrons. The molecule has 0 saturated carbocycles. The number of hydrogen-bond donors (Lipinski definition) is 1. The maximum Gasteiger partial charge on any atom is 0.264 e. The first-order valence-corrected chi connectivity index (χ1v) is 11.6. The smallest absolute Gasteiger partial charge is 0.264 e. The highest BCUT2D eigenvalue weighted by atomic mass is 32.1. The molecule has 1 amide bonds. The van der Waals surface area contributed by atoms with E-state index in [4.69, 9.17) is 4.74 Å². The van der Waals surface area contributed by atoms with Crippen molar-refractivity contribution in [2.75, 3.05) is 26.2 Å². The van der Waals surface area contributed by atoms with Crippen molar-refractivity contribution in [3.05, 3.63) is 38.0 Å². The molecule has 3 aliphatic rings. The number of hydrogen-bond acceptors (Lipinski definition) is 6. The number of likely N-dealkylation sites (tertiary alicyclic amines) is 1. The van der Waals surface area contributed by atoms with Crippen LogP contribution in [0.4, 0.5) is 0 Å². The number of thiophene rings is 1. The number of carbonyl (C=O) groups is 1. The number of carbonyl (C=O) groups excluding carboxylic acids is 1. The van der Waals surface area contributed by atoms with E-state index in [1.807, 2.05) is 11.6 Å². The van der Waals surface area contributed by atoms with E-state index in [9.17, 15) is 4.79 Å². The Labute approximate surface area is 167 Å². The predicted molar refractivity (Wildman–Crippen MR) is 107 cm³/mol. The minimum Gasteiger partial charge on any atom is -0.370 e. The number of thiazole rings is 1. The molecule has 0 aliphatic carbocycles. The van der Waals surface area contributed by atoms with E-state index in [-0.39, 0.29) is 17.6 Å². The minimum absolute atomic E-state index is 0.134. The van der Waals surface area contributed by atoms with Gasteiger partial charge in [0.2, 0.25) is 0 Å². The van der Waals surface area contributed by atoms with Crippen LogP contribution in [-0.2, 0) is 16.8 Å². The molecule has 5 nitrogen and oxygen atoms in total. The standard InChI is InChI=1S/C20H25N3O2S2/c24-19(23-10-2-1-3-15(23)18-22-9-12-26-18)17-13-14-16(27-17)4-11-25-20(14)5-7-21-8-6-20/h9,12-13,15,21H,1-8,10-11H2. The Bertz CT molecular complexity index is 811. The van der Waals surface area contributed by atoms with Crippen molar-refractivity contribution in [2.24, 2.45) is 0 Å². The Morgan fingerprint density at radius 1 is 1.33 bits per heavy atom. The Morgan fingerprint density at radius 3 is 3.04 bits per heavy atom. The van der Waals surface area contributed by atoms with Gasteiger partial charge < -0.3 is 15.0 Å². The van der Waals surface area contributed by atoms with Crippen LogP contribution in [0.25, 0.3) is 0 Å². The Balaban J connectivity index is 1.45. The van der Waals surface area contributed by atoms with Crippen LogP contribution in [0, 0.1) is 0 Å². The summed E-state index contributed by atoms with van der Waals surface area (Å²) in [4.78, 5) is 22.3. The normalized spacial score (nSPS) is 24.7. The van der Waals surface area contributed by atoms with Gasteiger partial charge in [-0.05, 0) is 56.8 Å². The number of amides is 1. The molecule has 7 heteroatoms. The summed E-state index contributed by atoms with van der Waals surface area (Å²) in [5, 5.41) is 6.51. The highest BCUT2D eigenvalue weighted by Crippen LogP contribution is 2.44. The van der Waals surface area contributed by atoms with E-state index in [2.05, 4.69) is 21.3 Å². The zero-order valence-electron chi connectivity index (χ0n) is 15.4. The number of fused-ring (bicyclic) bond motifs is 2. The molecule has 5 rings (SSSR count). The fraction of sp³-hybridized carbons (Fsp3) is 0.600. The van der Waals surface area contributed by atoms with E-state index in [0.29, 0.717) is 0 Å². The van der Waals surface area contributed by atoms with Crippen LogP contribution in [0.3, 0.4) is 0 Å². The molecule has 2 saturated heterocycles. The highest BCUT2D eigenvalue weighted by molar-refractivity contribution is 7.14. The monoisotopic (exact) mass is 403 g/mol. The van der Waals surface area contributed by atoms with Gasteiger partial charge >= 0.3 is 0 Å². The molecular weight excluding hydrogens is 378 g/mol. The molecule has 2 aromatic heterocycles. The average Bonchev–Trinajstić information content (AvgIpc) is 3.39. The maximum atomic E-state index is 13.5. The first-order valence-electron chi connectivity index (χ1n) is 9.95. The van der Waals surface area contributed by atoms with Crippen molar-refractivity contribution < 1.29 is 9.53 Å². The lowest BCUT2D eigenvalue weighted by Gasteiger charge is -2.40. The van der Waals surface area contributed by atoms with Gasteiger partial charge in [-0.25, -0.2) is 4.98 Å². The summed E-state index contributed by atoms with van der Waals surface area (Å²) in [7, 11) is 0. The fourth-order valence-electron chi connectivity index (χ4n) is 4.74. The van der Waals surface area contributed by atoms with E-state index in [0.717, 1.165) is 68.2 Å². The van der Waals surface area contributed by atoms with E-state index >= 15 is 0 Å². The zero-order chi connectivity index (χ0) is 18.3. The average molecular weight is 404 g/mol. The third-order valence-electron chi connectivity index (χ3n) is 6.13. The molecular formula is C20H25N3O2S2. The van der Waals surface area contributed by atoms with Gasteiger partial charge in [-0.15, -0.1) is 22.7 Å². The van der Waals surface area contributed by atoms with Crippen molar-refractivity contribution in [3.63, 3.8) is 0 Å². The molecule has 144 valence electrons. The predicted octanol–water partition coefficient (Wildman–Crippen LogP) is 3.72. The third-order valence-corrected chi connectivity index (χ3v) is 8.19. The summed E-state index contributed by atoms with van der Waals surface area (Å²) in [6.07, 6.45) is 8.03. The molecule has 1 atom stereocenters. The van der Waals surface area contributed by atoms with Gasteiger partial charge in [0.1, 0.15) is 5.01 Å². The molecule has 5 heterocycles. The van der Waals surface area contributed by atoms with Crippen molar-refractivity contribution in [1.29, 1.82) is 0 Å². The number of nitrogens with zero attached hydrogens (tertiary/aromatic N) is 2. The summed E-state index contributed by atoms with van der Waals surface area (Å²) >= 11 is 3.36. The number of rotatable bonds is 2.